The Bertz CT molecular complexity index is 610. The topological polar surface area (TPSA) is 77.2 Å². The molecule has 0 aliphatic rings. The van der Waals surface area contributed by atoms with Gasteiger partial charge in [-0.1, -0.05) is 19.4 Å². The van der Waals surface area contributed by atoms with Crippen LogP contribution in [-0.2, 0) is 11.2 Å². The molecule has 0 saturated carbocycles. The number of amides is 1. The van der Waals surface area contributed by atoms with Crippen LogP contribution in [0.4, 0.5) is 0 Å². The van der Waals surface area contributed by atoms with Gasteiger partial charge in [0.1, 0.15) is 5.75 Å². The number of carbonyl (C=O) groups is 1. The van der Waals surface area contributed by atoms with E-state index in [1.165, 1.54) is 0 Å². The first-order chi connectivity index (χ1) is 10.7. The summed E-state index contributed by atoms with van der Waals surface area (Å²) in [6.07, 6.45) is 2.85. The number of aryl methyl sites for hydroxylation is 1. The van der Waals surface area contributed by atoms with Gasteiger partial charge in [0.25, 0.3) is 0 Å². The molecule has 1 aromatic carbocycles. The Labute approximate surface area is 129 Å². The molecule has 118 valence electrons. The van der Waals surface area contributed by atoms with Gasteiger partial charge in [0.15, 0.2) is 0 Å². The molecule has 0 atom stereocenters. The molecule has 0 saturated heterocycles. The van der Waals surface area contributed by atoms with Crippen LogP contribution in [0.2, 0.25) is 0 Å². The molecule has 0 fully saturated rings. The molecule has 0 aliphatic carbocycles. The molecule has 1 N–H and O–H groups in total. The third kappa shape index (κ3) is 4.58. The molecular formula is C16H21N3O3. The number of unbranched alkanes of at least 4 members (excludes halogenated alkanes) is 1. The summed E-state index contributed by atoms with van der Waals surface area (Å²) in [4.78, 5) is 11.6. The van der Waals surface area contributed by atoms with E-state index < -0.39 is 0 Å². The quantitative estimate of drug-likeness (QED) is 0.758. The van der Waals surface area contributed by atoms with Crippen molar-refractivity contribution in [3.63, 3.8) is 0 Å². The van der Waals surface area contributed by atoms with Gasteiger partial charge in [-0.05, 0) is 24.6 Å². The molecule has 6 nitrogen and oxygen atoms in total. The number of carbonyl (C=O) groups excluding carboxylic acids is 1. The highest BCUT2D eigenvalue weighted by atomic mass is 16.5. The van der Waals surface area contributed by atoms with Crippen molar-refractivity contribution < 1.29 is 13.9 Å². The Morgan fingerprint density at radius 2 is 2.23 bits per heavy atom. The van der Waals surface area contributed by atoms with Crippen LogP contribution in [0.3, 0.4) is 0 Å². The molecule has 0 bridgehead atoms. The average molecular weight is 303 g/mol. The second kappa shape index (κ2) is 8.17. The lowest BCUT2D eigenvalue weighted by Crippen LogP contribution is -2.24. The van der Waals surface area contributed by atoms with Crippen LogP contribution in [0, 0.1) is 0 Å². The molecule has 0 spiro atoms. The van der Waals surface area contributed by atoms with Crippen molar-refractivity contribution in [2.24, 2.45) is 0 Å². The van der Waals surface area contributed by atoms with Crippen LogP contribution in [0.1, 0.15) is 32.1 Å². The first-order valence-corrected chi connectivity index (χ1v) is 7.46. The standard InChI is InChI=1S/C16H21N3O3/c1-3-4-10-17-14(20)8-9-15-18-19-16(22-15)12-6-5-7-13(11-12)21-2/h5-7,11H,3-4,8-10H2,1-2H3,(H,17,20). The second-order valence-corrected chi connectivity index (χ2v) is 4.94. The van der Waals surface area contributed by atoms with Crippen molar-refractivity contribution in [1.29, 1.82) is 0 Å². The van der Waals surface area contributed by atoms with Crippen LogP contribution < -0.4 is 10.1 Å². The lowest BCUT2D eigenvalue weighted by atomic mass is 10.2. The zero-order valence-electron chi connectivity index (χ0n) is 13.0. The molecule has 0 unspecified atom stereocenters. The van der Waals surface area contributed by atoms with Gasteiger partial charge in [0.05, 0.1) is 7.11 Å². The van der Waals surface area contributed by atoms with Gasteiger partial charge in [0, 0.05) is 24.9 Å². The number of methoxy groups -OCH3 is 1. The highest BCUT2D eigenvalue weighted by Gasteiger charge is 2.11. The molecule has 0 aliphatic heterocycles. The van der Waals surface area contributed by atoms with Crippen molar-refractivity contribution in [2.45, 2.75) is 32.6 Å². The highest BCUT2D eigenvalue weighted by Crippen LogP contribution is 2.22. The summed E-state index contributed by atoms with van der Waals surface area (Å²) in [5.74, 6) is 1.63. The lowest BCUT2D eigenvalue weighted by molar-refractivity contribution is -0.121. The fraction of sp³-hybridized carbons (Fsp3) is 0.438. The van der Waals surface area contributed by atoms with Gasteiger partial charge in [-0.15, -0.1) is 10.2 Å². The second-order valence-electron chi connectivity index (χ2n) is 4.94. The van der Waals surface area contributed by atoms with E-state index >= 15 is 0 Å². The maximum absolute atomic E-state index is 11.6. The molecule has 22 heavy (non-hydrogen) atoms. The third-order valence-electron chi connectivity index (χ3n) is 3.20. The fourth-order valence-electron chi connectivity index (χ4n) is 1.94. The van der Waals surface area contributed by atoms with E-state index in [4.69, 9.17) is 9.15 Å². The first kappa shape index (κ1) is 16.0. The molecule has 6 heteroatoms. The molecular weight excluding hydrogens is 282 g/mol. The van der Waals surface area contributed by atoms with Gasteiger partial charge in [-0.25, -0.2) is 0 Å². The molecule has 2 aromatic rings. The predicted molar refractivity (Wildman–Crippen MR) is 82.5 cm³/mol. The minimum absolute atomic E-state index is 0.00887. The maximum Gasteiger partial charge on any atom is 0.247 e. The molecule has 1 heterocycles. The van der Waals surface area contributed by atoms with Gasteiger partial charge in [-0.2, -0.15) is 0 Å². The first-order valence-electron chi connectivity index (χ1n) is 7.46. The number of nitrogens with one attached hydrogen (secondary N) is 1. The van der Waals surface area contributed by atoms with Crippen LogP contribution in [0.5, 0.6) is 5.75 Å². The van der Waals surface area contributed by atoms with E-state index in [9.17, 15) is 4.79 Å². The van der Waals surface area contributed by atoms with E-state index in [1.54, 1.807) is 7.11 Å². The summed E-state index contributed by atoms with van der Waals surface area (Å²) < 4.78 is 10.8. The zero-order valence-corrected chi connectivity index (χ0v) is 13.0. The fourth-order valence-corrected chi connectivity index (χ4v) is 1.94. The predicted octanol–water partition coefficient (Wildman–Crippen LogP) is 2.59. The summed E-state index contributed by atoms with van der Waals surface area (Å²) in [7, 11) is 1.61. The van der Waals surface area contributed by atoms with Gasteiger partial charge in [-0.3, -0.25) is 4.79 Å². The van der Waals surface area contributed by atoms with E-state index in [2.05, 4.69) is 22.4 Å². The lowest BCUT2D eigenvalue weighted by Gasteiger charge is -2.02. The van der Waals surface area contributed by atoms with E-state index in [-0.39, 0.29) is 5.91 Å². The summed E-state index contributed by atoms with van der Waals surface area (Å²) in [5.41, 5.74) is 0.797. The van der Waals surface area contributed by atoms with Crippen LogP contribution >= 0.6 is 0 Å². The van der Waals surface area contributed by atoms with Gasteiger partial charge >= 0.3 is 0 Å². The van der Waals surface area contributed by atoms with E-state index in [1.807, 2.05) is 24.3 Å². The normalized spacial score (nSPS) is 10.5. The van der Waals surface area contributed by atoms with E-state index in [0.29, 0.717) is 31.2 Å². The number of benzene rings is 1. The number of ether oxygens (including phenoxy) is 1. The van der Waals surface area contributed by atoms with Crippen molar-refractivity contribution >= 4 is 5.91 Å². The Morgan fingerprint density at radius 1 is 1.36 bits per heavy atom. The van der Waals surface area contributed by atoms with Crippen LogP contribution in [0.25, 0.3) is 11.5 Å². The smallest absolute Gasteiger partial charge is 0.247 e. The highest BCUT2D eigenvalue weighted by molar-refractivity contribution is 5.75. The van der Waals surface area contributed by atoms with Crippen LogP contribution in [-0.4, -0.2) is 29.8 Å². The van der Waals surface area contributed by atoms with Crippen molar-refractivity contribution in [2.75, 3.05) is 13.7 Å². The number of hydrogen-bond donors (Lipinski definition) is 1. The minimum Gasteiger partial charge on any atom is -0.497 e. The molecule has 1 amide bonds. The van der Waals surface area contributed by atoms with Crippen molar-refractivity contribution in [3.8, 4) is 17.2 Å². The summed E-state index contributed by atoms with van der Waals surface area (Å²) in [5, 5.41) is 10.9. The van der Waals surface area contributed by atoms with E-state index in [0.717, 1.165) is 24.2 Å². The Hall–Kier alpha value is -2.37. The van der Waals surface area contributed by atoms with Crippen molar-refractivity contribution in [3.05, 3.63) is 30.2 Å². The SMILES string of the molecule is CCCCNC(=O)CCc1nnc(-c2cccc(OC)c2)o1. The average Bonchev–Trinajstić information content (AvgIpc) is 3.02. The maximum atomic E-state index is 11.6. The summed E-state index contributed by atoms with van der Waals surface area (Å²) >= 11 is 0. The van der Waals surface area contributed by atoms with Crippen LogP contribution in [0.15, 0.2) is 28.7 Å². The number of hydrogen-bond acceptors (Lipinski definition) is 5. The van der Waals surface area contributed by atoms with Gasteiger partial charge in [0.2, 0.25) is 17.7 Å². The molecule has 2 rings (SSSR count). The number of rotatable bonds is 8. The van der Waals surface area contributed by atoms with Crippen molar-refractivity contribution in [1.82, 2.24) is 15.5 Å². The largest absolute Gasteiger partial charge is 0.497 e. The molecule has 1 aromatic heterocycles. The number of nitrogens with zero attached hydrogens (tertiary/aromatic N) is 2. The zero-order chi connectivity index (χ0) is 15.8. The minimum atomic E-state index is 0.00887. The monoisotopic (exact) mass is 303 g/mol. The summed E-state index contributed by atoms with van der Waals surface area (Å²) in [6.45, 7) is 2.80. The Balaban J connectivity index is 1.89. The Kier molecular flexibility index (Phi) is 5.94. The third-order valence-corrected chi connectivity index (χ3v) is 3.20. The van der Waals surface area contributed by atoms with Gasteiger partial charge < -0.3 is 14.5 Å². The molecule has 0 radical (unpaired) electrons. The summed E-state index contributed by atoms with van der Waals surface area (Å²) in [6, 6.07) is 7.41. The Morgan fingerprint density at radius 3 is 3.00 bits per heavy atom. The number of aromatic nitrogens is 2.